The van der Waals surface area contributed by atoms with E-state index in [9.17, 15) is 22.8 Å². The fourth-order valence-corrected chi connectivity index (χ4v) is 2.43. The van der Waals surface area contributed by atoms with Crippen LogP contribution in [-0.2, 0) is 0 Å². The van der Waals surface area contributed by atoms with Crippen molar-refractivity contribution in [3.63, 3.8) is 0 Å². The van der Waals surface area contributed by atoms with Gasteiger partial charge in [-0.1, -0.05) is 18.2 Å². The Morgan fingerprint density at radius 3 is 2.42 bits per heavy atom. The monoisotopic (exact) mass is 332 g/mol. The fourth-order valence-electron chi connectivity index (χ4n) is 2.43. The molecule has 0 saturated heterocycles. The zero-order chi connectivity index (χ0) is 17.4. The summed E-state index contributed by atoms with van der Waals surface area (Å²) >= 11 is 0. The minimum Gasteiger partial charge on any atom is -0.319 e. The Morgan fingerprint density at radius 2 is 1.71 bits per heavy atom. The number of hydrogen-bond donors (Lipinski definition) is 1. The molecule has 24 heavy (non-hydrogen) atoms. The minimum absolute atomic E-state index is 0.116. The van der Waals surface area contributed by atoms with Crippen molar-refractivity contribution in [2.75, 3.05) is 5.32 Å². The zero-order valence-electron chi connectivity index (χ0n) is 12.4. The maximum absolute atomic E-state index is 13.7. The molecule has 0 aliphatic rings. The number of carbonyl (C=O) groups is 2. The van der Waals surface area contributed by atoms with Gasteiger partial charge in [0.2, 0.25) is 5.91 Å². The van der Waals surface area contributed by atoms with Gasteiger partial charge in [-0.3, -0.25) is 14.2 Å². The van der Waals surface area contributed by atoms with E-state index in [0.717, 1.165) is 6.07 Å². The number of anilines is 1. The van der Waals surface area contributed by atoms with Gasteiger partial charge >= 0.3 is 0 Å². The molecule has 0 atom stereocenters. The molecule has 0 spiro atoms. The summed E-state index contributed by atoms with van der Waals surface area (Å²) in [6, 6.07) is 8.32. The molecule has 3 rings (SSSR count). The Bertz CT molecular complexity index is 979. The van der Waals surface area contributed by atoms with Crippen molar-refractivity contribution in [2.45, 2.75) is 6.92 Å². The number of halogens is 3. The highest BCUT2D eigenvalue weighted by molar-refractivity contribution is 6.14. The largest absolute Gasteiger partial charge is 0.319 e. The maximum atomic E-state index is 13.7. The van der Waals surface area contributed by atoms with Crippen LogP contribution in [0.25, 0.3) is 10.9 Å². The third-order valence-electron chi connectivity index (χ3n) is 3.58. The smallest absolute Gasteiger partial charge is 0.257 e. The number of benzene rings is 2. The molecule has 0 bridgehead atoms. The van der Waals surface area contributed by atoms with Crippen LogP contribution in [0.1, 0.15) is 22.1 Å². The van der Waals surface area contributed by atoms with Crippen molar-refractivity contribution in [3.05, 3.63) is 65.6 Å². The molecular weight excluding hydrogens is 321 g/mol. The normalized spacial score (nSPS) is 10.8. The highest BCUT2D eigenvalue weighted by atomic mass is 19.2. The fraction of sp³-hybridized carbons (Fsp3) is 0.0588. The molecule has 1 amide bonds. The lowest BCUT2D eigenvalue weighted by atomic mass is 10.1. The lowest BCUT2D eigenvalue weighted by Crippen LogP contribution is -2.14. The Balaban J connectivity index is 2.04. The van der Waals surface area contributed by atoms with Gasteiger partial charge in [0.1, 0.15) is 0 Å². The summed E-state index contributed by atoms with van der Waals surface area (Å²) in [4.78, 5) is 24.1. The summed E-state index contributed by atoms with van der Waals surface area (Å²) in [6.45, 7) is 1.34. The van der Waals surface area contributed by atoms with Crippen LogP contribution in [0.4, 0.5) is 18.9 Å². The van der Waals surface area contributed by atoms with Gasteiger partial charge in [-0.15, -0.1) is 0 Å². The first-order valence-electron chi connectivity index (χ1n) is 6.96. The highest BCUT2D eigenvalue weighted by Crippen LogP contribution is 2.24. The van der Waals surface area contributed by atoms with Crippen LogP contribution in [-0.4, -0.2) is 16.4 Å². The highest BCUT2D eigenvalue weighted by Gasteiger charge is 2.19. The first-order valence-corrected chi connectivity index (χ1v) is 6.96. The number of para-hydroxylation sites is 1. The first kappa shape index (κ1) is 15.8. The molecule has 1 aromatic heterocycles. The average molecular weight is 332 g/mol. The molecule has 0 aliphatic heterocycles. The number of aromatic nitrogens is 1. The van der Waals surface area contributed by atoms with Gasteiger partial charge in [0.05, 0.1) is 16.8 Å². The van der Waals surface area contributed by atoms with E-state index >= 15 is 0 Å². The predicted molar refractivity (Wildman–Crippen MR) is 82.5 cm³/mol. The number of hydrogen-bond acceptors (Lipinski definition) is 2. The third kappa shape index (κ3) is 2.54. The van der Waals surface area contributed by atoms with E-state index in [-0.39, 0.29) is 11.5 Å². The zero-order valence-corrected chi connectivity index (χ0v) is 12.4. The Morgan fingerprint density at radius 1 is 1.00 bits per heavy atom. The molecule has 0 aliphatic carbocycles. The van der Waals surface area contributed by atoms with Crippen molar-refractivity contribution < 1.29 is 22.8 Å². The Hall–Kier alpha value is -3.09. The topological polar surface area (TPSA) is 51.1 Å². The summed E-state index contributed by atoms with van der Waals surface area (Å²) in [5.41, 5.74) is 0.143. The number of rotatable bonds is 2. The van der Waals surface area contributed by atoms with Crippen LogP contribution >= 0.6 is 0 Å². The quantitative estimate of drug-likeness (QED) is 0.722. The van der Waals surface area contributed by atoms with Crippen LogP contribution in [0.3, 0.4) is 0 Å². The molecule has 0 radical (unpaired) electrons. The van der Waals surface area contributed by atoms with Crippen molar-refractivity contribution in [3.8, 4) is 0 Å². The van der Waals surface area contributed by atoms with Gasteiger partial charge in [-0.05, 0) is 18.2 Å². The average Bonchev–Trinajstić information content (AvgIpc) is 2.95. The van der Waals surface area contributed by atoms with Crippen LogP contribution in [0.2, 0.25) is 0 Å². The van der Waals surface area contributed by atoms with E-state index in [4.69, 9.17) is 0 Å². The Kier molecular flexibility index (Phi) is 3.84. The van der Waals surface area contributed by atoms with Crippen molar-refractivity contribution in [1.82, 2.24) is 4.57 Å². The van der Waals surface area contributed by atoms with E-state index in [1.54, 1.807) is 24.3 Å². The molecule has 2 aromatic carbocycles. The Labute approximate surface area is 134 Å². The van der Waals surface area contributed by atoms with Gasteiger partial charge in [-0.25, -0.2) is 13.2 Å². The van der Waals surface area contributed by atoms with E-state index in [1.807, 2.05) is 0 Å². The minimum atomic E-state index is -1.67. The standard InChI is InChI=1S/C17H11F3N2O2/c1-9(23)22-8-11(10-4-2-3-5-14(10)22)17(24)21-13-7-6-12(18)15(19)16(13)20/h2-8H,1H3,(H,21,24). The van der Waals surface area contributed by atoms with Gasteiger partial charge in [0, 0.05) is 18.5 Å². The van der Waals surface area contributed by atoms with E-state index in [1.165, 1.54) is 17.7 Å². The predicted octanol–water partition coefficient (Wildman–Crippen LogP) is 3.97. The summed E-state index contributed by atoms with van der Waals surface area (Å²) in [6.07, 6.45) is 1.32. The molecule has 4 nitrogen and oxygen atoms in total. The van der Waals surface area contributed by atoms with Gasteiger partial charge in [0.25, 0.3) is 5.91 Å². The molecule has 3 aromatic rings. The van der Waals surface area contributed by atoms with Crippen LogP contribution < -0.4 is 5.32 Å². The summed E-state index contributed by atoms with van der Waals surface area (Å²) in [7, 11) is 0. The number of nitrogens with one attached hydrogen (secondary N) is 1. The molecule has 0 saturated carbocycles. The summed E-state index contributed by atoms with van der Waals surface area (Å²) in [5, 5.41) is 2.67. The van der Waals surface area contributed by atoms with Crippen molar-refractivity contribution in [1.29, 1.82) is 0 Å². The van der Waals surface area contributed by atoms with Crippen LogP contribution in [0, 0.1) is 17.5 Å². The van der Waals surface area contributed by atoms with Crippen molar-refractivity contribution >= 4 is 28.4 Å². The number of nitrogens with zero attached hydrogens (tertiary/aromatic N) is 1. The maximum Gasteiger partial charge on any atom is 0.257 e. The van der Waals surface area contributed by atoms with Crippen molar-refractivity contribution in [2.24, 2.45) is 0 Å². The molecule has 7 heteroatoms. The molecule has 0 fully saturated rings. The number of amides is 1. The molecular formula is C17H11F3N2O2. The van der Waals surface area contributed by atoms with Crippen LogP contribution in [0.15, 0.2) is 42.6 Å². The second-order valence-corrected chi connectivity index (χ2v) is 5.13. The second-order valence-electron chi connectivity index (χ2n) is 5.13. The van der Waals surface area contributed by atoms with E-state index in [2.05, 4.69) is 5.32 Å². The lowest BCUT2D eigenvalue weighted by molar-refractivity contribution is 0.0941. The summed E-state index contributed by atoms with van der Waals surface area (Å²) < 4.78 is 41.2. The lowest BCUT2D eigenvalue weighted by Gasteiger charge is -2.06. The number of carbonyl (C=O) groups excluding carboxylic acids is 2. The molecule has 1 N–H and O–H groups in total. The van der Waals surface area contributed by atoms with E-state index < -0.39 is 29.0 Å². The molecule has 1 heterocycles. The van der Waals surface area contributed by atoms with E-state index in [0.29, 0.717) is 17.0 Å². The number of fused-ring (bicyclic) bond motifs is 1. The van der Waals surface area contributed by atoms with Gasteiger partial charge in [0.15, 0.2) is 17.5 Å². The van der Waals surface area contributed by atoms with Crippen LogP contribution in [0.5, 0.6) is 0 Å². The molecule has 122 valence electrons. The first-order chi connectivity index (χ1) is 11.4. The SMILES string of the molecule is CC(=O)n1cc(C(=O)Nc2ccc(F)c(F)c2F)c2ccccc21. The third-order valence-corrected chi connectivity index (χ3v) is 3.58. The van der Waals surface area contributed by atoms with Gasteiger partial charge < -0.3 is 5.32 Å². The summed E-state index contributed by atoms with van der Waals surface area (Å²) in [5.74, 6) is -5.54. The molecule has 0 unspecified atom stereocenters. The second kappa shape index (κ2) is 5.84. The van der Waals surface area contributed by atoms with Gasteiger partial charge in [-0.2, -0.15) is 0 Å².